The van der Waals surface area contributed by atoms with Crippen LogP contribution in [-0.4, -0.2) is 45.0 Å². The number of hydrogen-bond acceptors (Lipinski definition) is 5. The molecular weight excluding hydrogens is 400 g/mol. The van der Waals surface area contributed by atoms with Gasteiger partial charge in [-0.15, -0.1) is 0 Å². The van der Waals surface area contributed by atoms with Crippen LogP contribution in [-0.2, 0) is 6.54 Å². The molecule has 164 valence electrons. The number of nitrogens with one attached hydrogen (secondary N) is 1. The Hall–Kier alpha value is -3.45. The SMILES string of the molecule is Cc1ccc(NC(=O)c2c(N)n(CCN3CCCCC3)c3nc4ccccc4nc23)cc1. The monoisotopic (exact) mass is 428 g/mol. The number of fused-ring (bicyclic) bond motifs is 2. The minimum atomic E-state index is -0.266. The van der Waals surface area contributed by atoms with Gasteiger partial charge >= 0.3 is 0 Å². The van der Waals surface area contributed by atoms with Gasteiger partial charge in [-0.1, -0.05) is 36.2 Å². The van der Waals surface area contributed by atoms with Crippen LogP contribution >= 0.6 is 0 Å². The number of hydrogen-bond donors (Lipinski definition) is 2. The Morgan fingerprint density at radius 3 is 2.38 bits per heavy atom. The Morgan fingerprint density at radius 1 is 0.969 bits per heavy atom. The van der Waals surface area contributed by atoms with Crippen molar-refractivity contribution in [3.63, 3.8) is 0 Å². The van der Waals surface area contributed by atoms with E-state index in [1.54, 1.807) is 0 Å². The highest BCUT2D eigenvalue weighted by Gasteiger charge is 2.24. The zero-order valence-electron chi connectivity index (χ0n) is 18.3. The first-order chi connectivity index (χ1) is 15.6. The van der Waals surface area contributed by atoms with Crippen molar-refractivity contribution in [3.8, 4) is 0 Å². The number of anilines is 2. The van der Waals surface area contributed by atoms with Gasteiger partial charge in [-0.2, -0.15) is 0 Å². The molecule has 2 aromatic carbocycles. The minimum Gasteiger partial charge on any atom is -0.384 e. The minimum absolute atomic E-state index is 0.266. The van der Waals surface area contributed by atoms with Crippen LogP contribution in [0.5, 0.6) is 0 Å². The third kappa shape index (κ3) is 3.91. The van der Waals surface area contributed by atoms with E-state index in [1.165, 1.54) is 19.3 Å². The molecule has 1 fully saturated rings. The predicted molar refractivity (Wildman–Crippen MR) is 129 cm³/mol. The number of nitrogen functional groups attached to an aromatic ring is 1. The van der Waals surface area contributed by atoms with E-state index in [0.717, 1.165) is 41.9 Å². The van der Waals surface area contributed by atoms with Gasteiger partial charge in [-0.3, -0.25) is 4.79 Å². The molecule has 4 aromatic rings. The first-order valence-corrected chi connectivity index (χ1v) is 11.2. The summed E-state index contributed by atoms with van der Waals surface area (Å²) in [5, 5.41) is 2.97. The second kappa shape index (κ2) is 8.59. The molecule has 3 N–H and O–H groups in total. The first-order valence-electron chi connectivity index (χ1n) is 11.2. The number of amides is 1. The molecule has 0 unspecified atom stereocenters. The maximum absolute atomic E-state index is 13.3. The maximum atomic E-state index is 13.3. The quantitative estimate of drug-likeness (QED) is 0.497. The Bertz CT molecular complexity index is 1270. The molecule has 0 saturated carbocycles. The number of carbonyl (C=O) groups is 1. The van der Waals surface area contributed by atoms with Crippen molar-refractivity contribution in [2.45, 2.75) is 32.7 Å². The standard InChI is InChI=1S/C25H28N6O/c1-17-9-11-18(12-10-17)27-25(32)21-22-24(29-20-8-4-3-7-19(20)28-22)31(23(21)26)16-15-30-13-5-2-6-14-30/h3-4,7-12H,2,5-6,13-16,26H2,1H3,(H,27,32). The van der Waals surface area contributed by atoms with Crippen LogP contribution in [0.4, 0.5) is 11.5 Å². The summed E-state index contributed by atoms with van der Waals surface area (Å²) in [6.45, 7) is 5.78. The van der Waals surface area contributed by atoms with Crippen LogP contribution in [0.3, 0.4) is 0 Å². The van der Waals surface area contributed by atoms with Gasteiger partial charge in [-0.05, 0) is 57.1 Å². The lowest BCUT2D eigenvalue weighted by Gasteiger charge is -2.26. The molecule has 7 nitrogen and oxygen atoms in total. The van der Waals surface area contributed by atoms with Crippen LogP contribution in [0.15, 0.2) is 48.5 Å². The lowest BCUT2D eigenvalue weighted by molar-refractivity contribution is 0.102. The van der Waals surface area contributed by atoms with Crippen molar-refractivity contribution < 1.29 is 4.79 Å². The summed E-state index contributed by atoms with van der Waals surface area (Å²) in [5.41, 5.74) is 11.6. The van der Waals surface area contributed by atoms with E-state index in [9.17, 15) is 4.79 Å². The smallest absolute Gasteiger partial charge is 0.261 e. The van der Waals surface area contributed by atoms with Gasteiger partial charge < -0.3 is 20.5 Å². The van der Waals surface area contributed by atoms with Crippen molar-refractivity contribution in [1.29, 1.82) is 0 Å². The number of carbonyl (C=O) groups excluding carboxylic acids is 1. The number of aryl methyl sites for hydroxylation is 1. The molecule has 5 rings (SSSR count). The zero-order chi connectivity index (χ0) is 22.1. The molecule has 1 saturated heterocycles. The van der Waals surface area contributed by atoms with Crippen LogP contribution in [0.2, 0.25) is 0 Å². The number of likely N-dealkylation sites (tertiary alicyclic amines) is 1. The summed E-state index contributed by atoms with van der Waals surface area (Å²) in [5.74, 6) is 0.148. The normalized spacial score (nSPS) is 14.8. The van der Waals surface area contributed by atoms with E-state index < -0.39 is 0 Å². The van der Waals surface area contributed by atoms with Crippen molar-refractivity contribution in [2.24, 2.45) is 0 Å². The van der Waals surface area contributed by atoms with Gasteiger partial charge in [0.1, 0.15) is 16.9 Å². The molecule has 3 heterocycles. The van der Waals surface area contributed by atoms with E-state index in [-0.39, 0.29) is 5.91 Å². The number of nitrogens with two attached hydrogens (primary N) is 1. The van der Waals surface area contributed by atoms with E-state index in [1.807, 2.05) is 60.0 Å². The second-order valence-corrected chi connectivity index (χ2v) is 8.52. The summed E-state index contributed by atoms with van der Waals surface area (Å²) < 4.78 is 1.95. The summed E-state index contributed by atoms with van der Waals surface area (Å²) in [6, 6.07) is 15.4. The van der Waals surface area contributed by atoms with Crippen LogP contribution in [0.1, 0.15) is 35.2 Å². The molecule has 0 atom stereocenters. The summed E-state index contributed by atoms with van der Waals surface area (Å²) in [4.78, 5) is 25.4. The predicted octanol–water partition coefficient (Wildman–Crippen LogP) is 4.21. The lowest BCUT2D eigenvalue weighted by atomic mass is 10.1. The molecular formula is C25H28N6O. The molecule has 0 radical (unpaired) electrons. The Labute approximate surface area is 187 Å². The van der Waals surface area contributed by atoms with E-state index in [0.29, 0.717) is 29.1 Å². The molecule has 32 heavy (non-hydrogen) atoms. The zero-order valence-corrected chi connectivity index (χ0v) is 18.3. The van der Waals surface area contributed by atoms with Crippen molar-refractivity contribution >= 4 is 39.6 Å². The molecule has 7 heteroatoms. The van der Waals surface area contributed by atoms with Crippen LogP contribution in [0.25, 0.3) is 22.2 Å². The van der Waals surface area contributed by atoms with Crippen molar-refractivity contribution in [3.05, 3.63) is 59.7 Å². The maximum Gasteiger partial charge on any atom is 0.261 e. The Kier molecular flexibility index (Phi) is 5.49. The summed E-state index contributed by atoms with van der Waals surface area (Å²) in [6.07, 6.45) is 3.76. The molecule has 1 amide bonds. The highest BCUT2D eigenvalue weighted by molar-refractivity contribution is 6.16. The van der Waals surface area contributed by atoms with Crippen molar-refractivity contribution in [2.75, 3.05) is 30.7 Å². The highest BCUT2D eigenvalue weighted by Crippen LogP contribution is 2.29. The lowest BCUT2D eigenvalue weighted by Crippen LogP contribution is -2.32. The van der Waals surface area contributed by atoms with Crippen molar-refractivity contribution in [1.82, 2.24) is 19.4 Å². The van der Waals surface area contributed by atoms with Gasteiger partial charge in [0.2, 0.25) is 0 Å². The second-order valence-electron chi connectivity index (χ2n) is 8.52. The molecule has 0 spiro atoms. The fourth-order valence-corrected chi connectivity index (χ4v) is 4.42. The van der Waals surface area contributed by atoms with Gasteiger partial charge in [0.15, 0.2) is 5.65 Å². The van der Waals surface area contributed by atoms with Gasteiger partial charge in [0, 0.05) is 18.8 Å². The van der Waals surface area contributed by atoms with E-state index in [2.05, 4.69) is 10.2 Å². The molecule has 0 bridgehead atoms. The number of nitrogens with zero attached hydrogens (tertiary/aromatic N) is 4. The van der Waals surface area contributed by atoms with Gasteiger partial charge in [-0.25, -0.2) is 9.97 Å². The fourth-order valence-electron chi connectivity index (χ4n) is 4.42. The summed E-state index contributed by atoms with van der Waals surface area (Å²) in [7, 11) is 0. The fraction of sp³-hybridized carbons (Fsp3) is 0.320. The molecule has 0 aliphatic carbocycles. The molecule has 1 aliphatic heterocycles. The number of piperidine rings is 1. The average molecular weight is 429 g/mol. The first kappa shape index (κ1) is 20.5. The molecule has 1 aliphatic rings. The van der Waals surface area contributed by atoms with Crippen LogP contribution < -0.4 is 11.1 Å². The summed E-state index contributed by atoms with van der Waals surface area (Å²) >= 11 is 0. The largest absolute Gasteiger partial charge is 0.384 e. The van der Waals surface area contributed by atoms with Crippen LogP contribution in [0, 0.1) is 6.92 Å². The Morgan fingerprint density at radius 2 is 1.66 bits per heavy atom. The van der Waals surface area contributed by atoms with Gasteiger partial charge in [0.05, 0.1) is 11.0 Å². The number of rotatable bonds is 5. The number of benzene rings is 2. The highest BCUT2D eigenvalue weighted by atomic mass is 16.1. The number of para-hydroxylation sites is 2. The Balaban J connectivity index is 1.55. The van der Waals surface area contributed by atoms with Gasteiger partial charge in [0.25, 0.3) is 5.91 Å². The third-order valence-corrected chi connectivity index (χ3v) is 6.22. The average Bonchev–Trinajstić information content (AvgIpc) is 3.08. The van der Waals surface area contributed by atoms with E-state index >= 15 is 0 Å². The third-order valence-electron chi connectivity index (χ3n) is 6.22. The topological polar surface area (TPSA) is 89.1 Å². The number of aromatic nitrogens is 3. The van der Waals surface area contributed by atoms with E-state index in [4.69, 9.17) is 15.7 Å². The molecule has 2 aromatic heterocycles.